The lowest BCUT2D eigenvalue weighted by Crippen LogP contribution is -2.37. The molecule has 1 amide bonds. The molecule has 1 aromatic rings. The van der Waals surface area contributed by atoms with E-state index in [9.17, 15) is 13.2 Å². The summed E-state index contributed by atoms with van der Waals surface area (Å²) in [5.74, 6) is 1.16. The molecule has 2 unspecified atom stereocenters. The zero-order valence-electron chi connectivity index (χ0n) is 14.4. The van der Waals surface area contributed by atoms with Crippen LogP contribution in [0.25, 0.3) is 0 Å². The van der Waals surface area contributed by atoms with Crippen LogP contribution in [-0.4, -0.2) is 47.8 Å². The number of hydrazone groups is 1. The molecule has 1 saturated heterocycles. The number of nitrogens with one attached hydrogen (secondary N) is 1. The molecule has 136 valence electrons. The number of amides is 1. The highest BCUT2D eigenvalue weighted by atomic mass is 32.2. The Bertz CT molecular complexity index is 769. The minimum absolute atomic E-state index is 0.0279. The van der Waals surface area contributed by atoms with Crippen LogP contribution in [0, 0.1) is 0 Å². The van der Waals surface area contributed by atoms with Crippen LogP contribution in [0.4, 0.5) is 5.69 Å². The largest absolute Gasteiger partial charge is 0.284 e. The number of nitrogens with zero attached hydrogens (tertiary/aromatic N) is 2. The van der Waals surface area contributed by atoms with Crippen LogP contribution >= 0.6 is 11.8 Å². The second-order valence-electron chi connectivity index (χ2n) is 6.32. The fourth-order valence-electron chi connectivity index (χ4n) is 3.19. The van der Waals surface area contributed by atoms with E-state index in [1.807, 2.05) is 23.9 Å². The Labute approximate surface area is 153 Å². The highest BCUT2D eigenvalue weighted by Crippen LogP contribution is 2.36. The first-order valence-electron chi connectivity index (χ1n) is 8.49. The first-order valence-corrected chi connectivity index (χ1v) is 11.2. The third kappa shape index (κ3) is 4.17. The van der Waals surface area contributed by atoms with Crippen LogP contribution in [0.3, 0.4) is 0 Å². The predicted octanol–water partition coefficient (Wildman–Crippen LogP) is 2.67. The molecule has 8 heteroatoms. The van der Waals surface area contributed by atoms with Gasteiger partial charge in [0.2, 0.25) is 15.9 Å². The van der Waals surface area contributed by atoms with E-state index in [0.29, 0.717) is 10.9 Å². The van der Waals surface area contributed by atoms with Gasteiger partial charge in [-0.3, -0.25) is 9.52 Å². The molecule has 0 aromatic heterocycles. The third-order valence-corrected chi connectivity index (χ3v) is 7.34. The second kappa shape index (κ2) is 7.37. The van der Waals surface area contributed by atoms with Crippen molar-refractivity contribution in [3.05, 3.63) is 29.8 Å². The van der Waals surface area contributed by atoms with Crippen molar-refractivity contribution in [3.63, 3.8) is 0 Å². The molecule has 1 aromatic carbocycles. The molecule has 2 aliphatic heterocycles. The SMILES string of the molecule is CCS(=O)(=O)Nc1ccc(C2=NN(C(C)=O)C(C3CCCS3)C2)cc1. The van der Waals surface area contributed by atoms with Gasteiger partial charge in [0, 0.05) is 24.3 Å². The molecular formula is C17H23N3O3S2. The number of hydrogen-bond donors (Lipinski definition) is 1. The Kier molecular flexibility index (Phi) is 5.38. The summed E-state index contributed by atoms with van der Waals surface area (Å²) in [7, 11) is -3.28. The van der Waals surface area contributed by atoms with E-state index < -0.39 is 10.0 Å². The van der Waals surface area contributed by atoms with Gasteiger partial charge in [-0.15, -0.1) is 0 Å². The lowest BCUT2D eigenvalue weighted by molar-refractivity contribution is -0.130. The lowest BCUT2D eigenvalue weighted by Gasteiger charge is -2.25. The second-order valence-corrected chi connectivity index (χ2v) is 9.67. The van der Waals surface area contributed by atoms with Gasteiger partial charge in [-0.25, -0.2) is 13.4 Å². The first-order chi connectivity index (χ1) is 11.9. The van der Waals surface area contributed by atoms with Crippen molar-refractivity contribution in [2.45, 2.75) is 44.4 Å². The van der Waals surface area contributed by atoms with Crippen LogP contribution in [0.2, 0.25) is 0 Å². The van der Waals surface area contributed by atoms with Gasteiger partial charge in [0.1, 0.15) is 0 Å². The molecule has 0 saturated carbocycles. The highest BCUT2D eigenvalue weighted by molar-refractivity contribution is 8.00. The Morgan fingerprint density at radius 2 is 2.08 bits per heavy atom. The minimum atomic E-state index is -3.28. The first kappa shape index (κ1) is 18.3. The van der Waals surface area contributed by atoms with E-state index in [-0.39, 0.29) is 17.7 Å². The van der Waals surface area contributed by atoms with E-state index in [4.69, 9.17) is 0 Å². The van der Waals surface area contributed by atoms with Crippen molar-refractivity contribution in [3.8, 4) is 0 Å². The molecule has 2 aliphatic rings. The molecule has 0 aliphatic carbocycles. The summed E-state index contributed by atoms with van der Waals surface area (Å²) in [4.78, 5) is 12.0. The summed E-state index contributed by atoms with van der Waals surface area (Å²) in [6, 6.07) is 7.31. The quantitative estimate of drug-likeness (QED) is 0.850. The lowest BCUT2D eigenvalue weighted by atomic mass is 10.00. The maximum Gasteiger partial charge on any atom is 0.239 e. The number of hydrogen-bond acceptors (Lipinski definition) is 5. The van der Waals surface area contributed by atoms with Crippen LogP contribution in [0.1, 0.15) is 38.7 Å². The summed E-state index contributed by atoms with van der Waals surface area (Å²) in [6.07, 6.45) is 3.07. The summed E-state index contributed by atoms with van der Waals surface area (Å²) in [5.41, 5.74) is 2.35. The number of thioether (sulfide) groups is 1. The van der Waals surface area contributed by atoms with Crippen LogP contribution in [0.5, 0.6) is 0 Å². The molecular weight excluding hydrogens is 358 g/mol. The average molecular weight is 382 g/mol. The van der Waals surface area contributed by atoms with Crippen molar-refractivity contribution in [1.29, 1.82) is 0 Å². The summed E-state index contributed by atoms with van der Waals surface area (Å²) >= 11 is 1.93. The zero-order valence-corrected chi connectivity index (χ0v) is 16.1. The van der Waals surface area contributed by atoms with E-state index in [2.05, 4.69) is 9.82 Å². The smallest absolute Gasteiger partial charge is 0.239 e. The highest BCUT2D eigenvalue weighted by Gasteiger charge is 2.37. The van der Waals surface area contributed by atoms with Gasteiger partial charge in [0.25, 0.3) is 0 Å². The van der Waals surface area contributed by atoms with Crippen molar-refractivity contribution in [2.24, 2.45) is 5.10 Å². The van der Waals surface area contributed by atoms with Gasteiger partial charge in [0.05, 0.1) is 17.5 Å². The molecule has 25 heavy (non-hydrogen) atoms. The Balaban J connectivity index is 1.77. The van der Waals surface area contributed by atoms with E-state index in [1.54, 1.807) is 31.0 Å². The zero-order chi connectivity index (χ0) is 18.0. The number of sulfonamides is 1. The van der Waals surface area contributed by atoms with Crippen molar-refractivity contribution in [2.75, 3.05) is 16.2 Å². The van der Waals surface area contributed by atoms with Gasteiger partial charge in [-0.1, -0.05) is 12.1 Å². The van der Waals surface area contributed by atoms with Gasteiger partial charge >= 0.3 is 0 Å². The summed E-state index contributed by atoms with van der Waals surface area (Å²) < 4.78 is 25.8. The van der Waals surface area contributed by atoms with Crippen molar-refractivity contribution in [1.82, 2.24) is 5.01 Å². The number of rotatable bonds is 5. The van der Waals surface area contributed by atoms with E-state index >= 15 is 0 Å². The maximum atomic E-state index is 12.0. The molecule has 1 N–H and O–H groups in total. The molecule has 2 atom stereocenters. The number of carbonyl (C=O) groups excluding carboxylic acids is 1. The van der Waals surface area contributed by atoms with Gasteiger partial charge in [0.15, 0.2) is 0 Å². The molecule has 0 spiro atoms. The molecule has 6 nitrogen and oxygen atoms in total. The Morgan fingerprint density at radius 3 is 2.64 bits per heavy atom. The van der Waals surface area contributed by atoms with Crippen molar-refractivity contribution >= 4 is 39.1 Å². The molecule has 0 radical (unpaired) electrons. The fraction of sp³-hybridized carbons (Fsp3) is 0.529. The third-order valence-electron chi connectivity index (χ3n) is 4.53. The van der Waals surface area contributed by atoms with Crippen molar-refractivity contribution < 1.29 is 13.2 Å². The van der Waals surface area contributed by atoms with Gasteiger partial charge in [-0.2, -0.15) is 16.9 Å². The van der Waals surface area contributed by atoms with Crippen LogP contribution in [0.15, 0.2) is 29.4 Å². The minimum Gasteiger partial charge on any atom is -0.284 e. The fourth-order valence-corrected chi connectivity index (χ4v) is 5.23. The van der Waals surface area contributed by atoms with Crippen LogP contribution < -0.4 is 4.72 Å². The number of anilines is 1. The van der Waals surface area contributed by atoms with E-state index in [0.717, 1.165) is 29.9 Å². The molecule has 0 bridgehead atoms. The topological polar surface area (TPSA) is 78.8 Å². The predicted molar refractivity (Wildman–Crippen MR) is 102 cm³/mol. The molecule has 3 rings (SSSR count). The standard InChI is InChI=1S/C17H23N3O3S2/c1-3-25(22,23)19-14-8-6-13(7-9-14)15-11-16(17-5-4-10-24-17)20(18-15)12(2)21/h6-9,16-17,19H,3-5,10-11H2,1-2H3. The van der Waals surface area contributed by atoms with Gasteiger partial charge < -0.3 is 0 Å². The molecule has 1 fully saturated rings. The number of carbonyl (C=O) groups is 1. The van der Waals surface area contributed by atoms with Gasteiger partial charge in [-0.05, 0) is 43.2 Å². The summed E-state index contributed by atoms with van der Waals surface area (Å²) in [5, 5.41) is 6.63. The maximum absolute atomic E-state index is 12.0. The van der Waals surface area contributed by atoms with E-state index in [1.165, 1.54) is 6.42 Å². The average Bonchev–Trinajstić information content (AvgIpc) is 3.24. The molecule has 2 heterocycles. The Hall–Kier alpha value is -1.54. The monoisotopic (exact) mass is 381 g/mol. The normalized spacial score (nSPS) is 23.6. The number of benzene rings is 1. The van der Waals surface area contributed by atoms with Crippen LogP contribution in [-0.2, 0) is 14.8 Å². The Morgan fingerprint density at radius 1 is 1.36 bits per heavy atom. The summed E-state index contributed by atoms with van der Waals surface area (Å²) in [6.45, 7) is 3.16.